The first-order chi connectivity index (χ1) is 16.0. The van der Waals surface area contributed by atoms with Crippen LogP contribution in [0.25, 0.3) is 0 Å². The number of amides is 4. The topological polar surface area (TPSA) is 67.4 Å². The van der Waals surface area contributed by atoms with Gasteiger partial charge in [0.1, 0.15) is 0 Å². The van der Waals surface area contributed by atoms with Crippen molar-refractivity contribution >= 4 is 17.8 Å². The predicted octanol–water partition coefficient (Wildman–Crippen LogP) is 2.13. The molecule has 8 heteroatoms. The van der Waals surface area contributed by atoms with Gasteiger partial charge in [0, 0.05) is 71.2 Å². The molecule has 0 aromatic heterocycles. The molecule has 0 bridgehead atoms. The third kappa shape index (κ3) is 4.60. The molecule has 4 aliphatic heterocycles. The summed E-state index contributed by atoms with van der Waals surface area (Å²) >= 11 is 0. The number of carbonyl (C=O) groups excluding carboxylic acids is 3. The summed E-state index contributed by atoms with van der Waals surface area (Å²) in [5.41, 5.74) is 0. The summed E-state index contributed by atoms with van der Waals surface area (Å²) in [5.74, 6) is 0.400. The number of hydrogen-bond donors (Lipinski definition) is 0. The van der Waals surface area contributed by atoms with Gasteiger partial charge in [0.05, 0.1) is 12.1 Å². The van der Waals surface area contributed by atoms with Crippen molar-refractivity contribution in [1.29, 1.82) is 0 Å². The van der Waals surface area contributed by atoms with E-state index >= 15 is 0 Å². The van der Waals surface area contributed by atoms with E-state index in [0.29, 0.717) is 43.6 Å². The van der Waals surface area contributed by atoms with Crippen LogP contribution >= 0.6 is 0 Å². The molecule has 0 unspecified atom stereocenters. The molecular weight excluding hydrogens is 418 g/mol. The molecule has 8 nitrogen and oxygen atoms in total. The molecule has 5 rings (SSSR count). The molecule has 1 saturated carbocycles. The van der Waals surface area contributed by atoms with E-state index in [0.717, 1.165) is 71.2 Å². The molecule has 1 aliphatic carbocycles. The van der Waals surface area contributed by atoms with Gasteiger partial charge in [0.15, 0.2) is 0 Å². The van der Waals surface area contributed by atoms with Crippen LogP contribution in [0.4, 0.5) is 4.79 Å². The largest absolute Gasteiger partial charge is 0.343 e. The monoisotopic (exact) mass is 459 g/mol. The summed E-state index contributed by atoms with van der Waals surface area (Å²) in [7, 11) is 2.00. The molecule has 5 fully saturated rings. The fourth-order valence-corrected chi connectivity index (χ4v) is 7.10. The Morgan fingerprint density at radius 3 is 2.15 bits per heavy atom. The van der Waals surface area contributed by atoms with E-state index in [1.807, 2.05) is 21.7 Å². The van der Waals surface area contributed by atoms with Crippen LogP contribution in [-0.2, 0) is 9.59 Å². The first-order valence-electron chi connectivity index (χ1n) is 13.4. The predicted molar refractivity (Wildman–Crippen MR) is 126 cm³/mol. The fraction of sp³-hybridized carbons (Fsp3) is 0.880. The highest BCUT2D eigenvalue weighted by Gasteiger charge is 2.48. The number of hydrogen-bond acceptors (Lipinski definition) is 4. The lowest BCUT2D eigenvalue weighted by atomic mass is 9.88. The number of likely N-dealkylation sites (N-methyl/N-ethyl adjacent to an activating group) is 1. The van der Waals surface area contributed by atoms with E-state index in [9.17, 15) is 14.4 Å². The van der Waals surface area contributed by atoms with Crippen LogP contribution in [-0.4, -0.2) is 113 Å². The molecule has 0 aromatic rings. The summed E-state index contributed by atoms with van der Waals surface area (Å²) in [6, 6.07) is 2.05. The minimum atomic E-state index is 0.200. The van der Waals surface area contributed by atoms with Crippen LogP contribution in [0.2, 0.25) is 0 Å². The second-order valence-electron chi connectivity index (χ2n) is 10.8. The normalized spacial score (nSPS) is 30.5. The summed E-state index contributed by atoms with van der Waals surface area (Å²) in [6.45, 7) is 5.17. The Balaban J connectivity index is 1.06. The van der Waals surface area contributed by atoms with Gasteiger partial charge in [-0.2, -0.15) is 0 Å². The van der Waals surface area contributed by atoms with Crippen LogP contribution in [0.5, 0.6) is 0 Å². The van der Waals surface area contributed by atoms with E-state index < -0.39 is 0 Å². The summed E-state index contributed by atoms with van der Waals surface area (Å²) in [5, 5.41) is 0. The van der Waals surface area contributed by atoms with Gasteiger partial charge in [-0.15, -0.1) is 0 Å². The zero-order valence-corrected chi connectivity index (χ0v) is 20.3. The van der Waals surface area contributed by atoms with Crippen molar-refractivity contribution in [1.82, 2.24) is 24.5 Å². The van der Waals surface area contributed by atoms with Crippen LogP contribution in [0.15, 0.2) is 0 Å². The fourth-order valence-electron chi connectivity index (χ4n) is 7.10. The highest BCUT2D eigenvalue weighted by molar-refractivity contribution is 5.80. The first kappa shape index (κ1) is 22.9. The summed E-state index contributed by atoms with van der Waals surface area (Å²) in [4.78, 5) is 48.1. The molecule has 184 valence electrons. The van der Waals surface area contributed by atoms with Crippen molar-refractivity contribution in [3.63, 3.8) is 0 Å². The maximum absolute atomic E-state index is 13.0. The zero-order chi connectivity index (χ0) is 22.9. The van der Waals surface area contributed by atoms with Crippen molar-refractivity contribution in [3.8, 4) is 0 Å². The highest BCUT2D eigenvalue weighted by Crippen LogP contribution is 2.37. The quantitative estimate of drug-likeness (QED) is 0.632. The van der Waals surface area contributed by atoms with Crippen LogP contribution in [0, 0.1) is 0 Å². The molecule has 33 heavy (non-hydrogen) atoms. The zero-order valence-electron chi connectivity index (χ0n) is 20.3. The van der Waals surface area contributed by atoms with E-state index in [2.05, 4.69) is 9.80 Å². The Hall–Kier alpha value is -1.83. The van der Waals surface area contributed by atoms with Gasteiger partial charge in [-0.05, 0) is 44.9 Å². The molecule has 5 aliphatic rings. The standard InChI is InChI=1S/C25H41N5O3/c1-26-21-5-2-3-6-22(21)30(25(26)33)20-10-14-27(15-11-20)19-8-16-29(17-9-19)24(32)12-18-28-13-4-7-23(28)31/h19-22H,2-18H2,1H3/t21-,22-/m0/s1. The number of fused-ring (bicyclic) bond motifs is 1. The average Bonchev–Trinajstić information content (AvgIpc) is 3.38. The van der Waals surface area contributed by atoms with Gasteiger partial charge in [0.2, 0.25) is 11.8 Å². The van der Waals surface area contributed by atoms with Gasteiger partial charge < -0.3 is 24.5 Å². The first-order valence-corrected chi connectivity index (χ1v) is 13.4. The van der Waals surface area contributed by atoms with Gasteiger partial charge in [-0.1, -0.05) is 12.8 Å². The summed E-state index contributed by atoms with van der Waals surface area (Å²) < 4.78 is 0. The molecule has 0 aromatic carbocycles. The number of likely N-dealkylation sites (tertiary alicyclic amines) is 3. The Labute approximate surface area is 198 Å². The second-order valence-corrected chi connectivity index (χ2v) is 10.8. The number of piperidine rings is 2. The minimum Gasteiger partial charge on any atom is -0.343 e. The molecule has 4 saturated heterocycles. The van der Waals surface area contributed by atoms with Crippen molar-refractivity contribution in [2.75, 3.05) is 46.3 Å². The molecule has 4 amide bonds. The van der Waals surface area contributed by atoms with Crippen LogP contribution in [0.1, 0.15) is 70.6 Å². The Kier molecular flexibility index (Phi) is 6.81. The van der Waals surface area contributed by atoms with Crippen molar-refractivity contribution < 1.29 is 14.4 Å². The molecule has 0 spiro atoms. The minimum absolute atomic E-state index is 0.200. The summed E-state index contributed by atoms with van der Waals surface area (Å²) in [6.07, 6.45) is 11.1. The average molecular weight is 460 g/mol. The molecular formula is C25H41N5O3. The third-order valence-corrected chi connectivity index (χ3v) is 9.06. The van der Waals surface area contributed by atoms with E-state index in [1.165, 1.54) is 19.3 Å². The van der Waals surface area contributed by atoms with Gasteiger partial charge in [-0.3, -0.25) is 9.59 Å². The molecule has 0 N–H and O–H groups in total. The third-order valence-electron chi connectivity index (χ3n) is 9.06. The van der Waals surface area contributed by atoms with E-state index in [4.69, 9.17) is 0 Å². The van der Waals surface area contributed by atoms with Crippen LogP contribution < -0.4 is 0 Å². The molecule has 0 radical (unpaired) electrons. The van der Waals surface area contributed by atoms with Gasteiger partial charge in [-0.25, -0.2) is 4.79 Å². The molecule has 4 heterocycles. The lowest BCUT2D eigenvalue weighted by molar-refractivity contribution is -0.134. The van der Waals surface area contributed by atoms with Crippen molar-refractivity contribution in [3.05, 3.63) is 0 Å². The number of rotatable bonds is 5. The number of nitrogens with zero attached hydrogens (tertiary/aromatic N) is 5. The Morgan fingerprint density at radius 1 is 0.818 bits per heavy atom. The SMILES string of the molecule is CN1C(=O)N(C2CCN(C3CCN(C(=O)CCN4CCCC4=O)CC3)CC2)[C@H]2CCCC[C@@H]21. The lowest BCUT2D eigenvalue weighted by Crippen LogP contribution is -2.53. The van der Waals surface area contributed by atoms with E-state index in [-0.39, 0.29) is 17.8 Å². The van der Waals surface area contributed by atoms with Crippen LogP contribution in [0.3, 0.4) is 0 Å². The lowest BCUT2D eigenvalue weighted by Gasteiger charge is -2.44. The Morgan fingerprint density at radius 2 is 1.48 bits per heavy atom. The van der Waals surface area contributed by atoms with E-state index in [1.54, 1.807) is 0 Å². The maximum Gasteiger partial charge on any atom is 0.320 e. The number of urea groups is 1. The van der Waals surface area contributed by atoms with Gasteiger partial charge >= 0.3 is 6.03 Å². The number of carbonyl (C=O) groups is 3. The van der Waals surface area contributed by atoms with Gasteiger partial charge in [0.25, 0.3) is 0 Å². The Bertz CT molecular complexity index is 744. The molecule has 2 atom stereocenters. The maximum atomic E-state index is 13.0. The second kappa shape index (κ2) is 9.80. The smallest absolute Gasteiger partial charge is 0.320 e. The highest BCUT2D eigenvalue weighted by atomic mass is 16.2. The van der Waals surface area contributed by atoms with Crippen molar-refractivity contribution in [2.45, 2.75) is 94.8 Å². The van der Waals surface area contributed by atoms with Crippen molar-refractivity contribution in [2.24, 2.45) is 0 Å².